The molecule has 2 aliphatic rings. The first kappa shape index (κ1) is 10.5. The van der Waals surface area contributed by atoms with Crippen molar-refractivity contribution in [3.63, 3.8) is 0 Å². The molecule has 4 heteroatoms. The molecule has 84 valence electrons. The molecule has 0 heterocycles. The third-order valence-corrected chi connectivity index (χ3v) is 3.49. The second-order valence-electron chi connectivity index (χ2n) is 4.45. The maximum absolute atomic E-state index is 10.9. The Balaban J connectivity index is 1.73. The van der Waals surface area contributed by atoms with Gasteiger partial charge in [-0.25, -0.2) is 10.2 Å². The fourth-order valence-electron chi connectivity index (χ4n) is 2.83. The Labute approximate surface area is 90.1 Å². The molecule has 3 unspecified atom stereocenters. The maximum Gasteiger partial charge on any atom is 0.427 e. The van der Waals surface area contributed by atoms with Crippen molar-refractivity contribution in [3.05, 3.63) is 0 Å². The van der Waals surface area contributed by atoms with E-state index in [4.69, 9.17) is 4.74 Å². The topological polar surface area (TPSA) is 50.7 Å². The van der Waals surface area contributed by atoms with Gasteiger partial charge >= 0.3 is 6.09 Å². The van der Waals surface area contributed by atoms with Crippen LogP contribution in [0.4, 0.5) is 4.79 Å². The molecule has 2 aliphatic carbocycles. The van der Waals surface area contributed by atoms with E-state index in [9.17, 15) is 4.79 Å². The Morgan fingerprint density at radius 3 is 3.00 bits per heavy atom. The third-order valence-electron chi connectivity index (χ3n) is 3.49. The second-order valence-corrected chi connectivity index (χ2v) is 4.45. The van der Waals surface area contributed by atoms with Gasteiger partial charge in [0.2, 0.25) is 0 Å². The number of rotatable bonds is 3. The SMILES string of the molecule is CCOC(=O)N/N=C/C1CC2CCC1C2. The van der Waals surface area contributed by atoms with Gasteiger partial charge in [-0.3, -0.25) is 0 Å². The van der Waals surface area contributed by atoms with Gasteiger partial charge in [0.25, 0.3) is 0 Å². The highest BCUT2D eigenvalue weighted by molar-refractivity contribution is 5.70. The summed E-state index contributed by atoms with van der Waals surface area (Å²) >= 11 is 0. The van der Waals surface area contributed by atoms with Crippen molar-refractivity contribution in [1.29, 1.82) is 0 Å². The van der Waals surface area contributed by atoms with E-state index in [0.29, 0.717) is 12.5 Å². The van der Waals surface area contributed by atoms with Gasteiger partial charge in [-0.15, -0.1) is 0 Å². The van der Waals surface area contributed by atoms with E-state index in [0.717, 1.165) is 11.8 Å². The predicted molar refractivity (Wildman–Crippen MR) is 57.6 cm³/mol. The molecule has 0 spiro atoms. The summed E-state index contributed by atoms with van der Waals surface area (Å²) in [6, 6.07) is 0. The monoisotopic (exact) mass is 210 g/mol. The maximum atomic E-state index is 10.9. The van der Waals surface area contributed by atoms with E-state index in [1.165, 1.54) is 25.7 Å². The first-order chi connectivity index (χ1) is 7.29. The zero-order valence-electron chi connectivity index (χ0n) is 9.11. The van der Waals surface area contributed by atoms with Crippen LogP contribution in [0.1, 0.15) is 32.6 Å². The molecule has 0 radical (unpaired) electrons. The van der Waals surface area contributed by atoms with Crippen molar-refractivity contribution in [1.82, 2.24) is 5.43 Å². The molecule has 0 aromatic rings. The molecule has 0 aromatic heterocycles. The van der Waals surface area contributed by atoms with E-state index in [2.05, 4.69) is 10.5 Å². The van der Waals surface area contributed by atoms with Crippen LogP contribution in [0, 0.1) is 17.8 Å². The molecule has 2 bridgehead atoms. The minimum atomic E-state index is -0.461. The van der Waals surface area contributed by atoms with Crippen molar-refractivity contribution < 1.29 is 9.53 Å². The minimum Gasteiger partial charge on any atom is -0.449 e. The lowest BCUT2D eigenvalue weighted by Crippen LogP contribution is -2.20. The number of carbonyl (C=O) groups is 1. The summed E-state index contributed by atoms with van der Waals surface area (Å²) in [5.74, 6) is 2.29. The lowest BCUT2D eigenvalue weighted by atomic mass is 9.90. The number of amides is 1. The van der Waals surface area contributed by atoms with Crippen molar-refractivity contribution in [2.75, 3.05) is 6.61 Å². The highest BCUT2D eigenvalue weighted by Gasteiger charge is 2.38. The smallest absolute Gasteiger partial charge is 0.427 e. The fourth-order valence-corrected chi connectivity index (χ4v) is 2.83. The summed E-state index contributed by atoms with van der Waals surface area (Å²) in [6.45, 7) is 2.16. The number of carbonyl (C=O) groups excluding carboxylic acids is 1. The number of fused-ring (bicyclic) bond motifs is 2. The summed E-state index contributed by atoms with van der Waals surface area (Å²) < 4.78 is 4.70. The number of nitrogens with one attached hydrogen (secondary N) is 1. The molecule has 0 aliphatic heterocycles. The van der Waals surface area contributed by atoms with Gasteiger partial charge in [0.15, 0.2) is 0 Å². The standard InChI is InChI=1S/C11H18N2O2/c1-2-15-11(14)13-12-7-10-6-8-3-4-9(10)5-8/h7-10H,2-6H2,1H3,(H,13,14)/b12-7+. The van der Waals surface area contributed by atoms with E-state index in [1.54, 1.807) is 6.92 Å². The van der Waals surface area contributed by atoms with Crippen LogP contribution in [-0.4, -0.2) is 18.9 Å². The first-order valence-electron chi connectivity index (χ1n) is 5.75. The van der Waals surface area contributed by atoms with Crippen molar-refractivity contribution in [2.45, 2.75) is 32.6 Å². The summed E-state index contributed by atoms with van der Waals surface area (Å²) in [7, 11) is 0. The second kappa shape index (κ2) is 4.64. The number of nitrogens with zero attached hydrogens (tertiary/aromatic N) is 1. The van der Waals surface area contributed by atoms with Crippen molar-refractivity contribution in [2.24, 2.45) is 22.9 Å². The molecule has 15 heavy (non-hydrogen) atoms. The Morgan fingerprint density at radius 2 is 2.40 bits per heavy atom. The zero-order valence-corrected chi connectivity index (χ0v) is 9.11. The number of hydrazone groups is 1. The van der Waals surface area contributed by atoms with Gasteiger partial charge in [0.1, 0.15) is 0 Å². The molecule has 3 atom stereocenters. The van der Waals surface area contributed by atoms with E-state index < -0.39 is 6.09 Å². The van der Waals surface area contributed by atoms with Crippen LogP contribution in [0.25, 0.3) is 0 Å². The molecule has 2 fully saturated rings. The van der Waals surface area contributed by atoms with Gasteiger partial charge < -0.3 is 4.74 Å². The highest BCUT2D eigenvalue weighted by Crippen LogP contribution is 2.47. The average Bonchev–Trinajstić information content (AvgIpc) is 2.79. The molecular formula is C11H18N2O2. The van der Waals surface area contributed by atoms with Crippen LogP contribution in [-0.2, 0) is 4.74 Å². The Kier molecular flexibility index (Phi) is 3.23. The van der Waals surface area contributed by atoms with Crippen LogP contribution in [0.2, 0.25) is 0 Å². The van der Waals surface area contributed by atoms with Gasteiger partial charge in [0, 0.05) is 6.21 Å². The lowest BCUT2D eigenvalue weighted by Gasteiger charge is -2.16. The van der Waals surface area contributed by atoms with Crippen LogP contribution >= 0.6 is 0 Å². The Hall–Kier alpha value is -1.06. The van der Waals surface area contributed by atoms with E-state index in [1.807, 2.05) is 6.21 Å². The quantitative estimate of drug-likeness (QED) is 0.573. The molecule has 1 N–H and O–H groups in total. The summed E-state index contributed by atoms with van der Waals surface area (Å²) in [5, 5.41) is 3.94. The molecule has 1 amide bonds. The molecular weight excluding hydrogens is 192 g/mol. The number of hydrogen-bond donors (Lipinski definition) is 1. The van der Waals surface area contributed by atoms with E-state index >= 15 is 0 Å². The van der Waals surface area contributed by atoms with Crippen LogP contribution in [0.3, 0.4) is 0 Å². The van der Waals surface area contributed by atoms with Crippen LogP contribution < -0.4 is 5.43 Å². The van der Waals surface area contributed by atoms with Crippen LogP contribution in [0.5, 0.6) is 0 Å². The number of ether oxygens (including phenoxy) is 1. The molecule has 0 aromatic carbocycles. The fraction of sp³-hybridized carbons (Fsp3) is 0.818. The van der Waals surface area contributed by atoms with Crippen molar-refractivity contribution in [3.8, 4) is 0 Å². The van der Waals surface area contributed by atoms with Gasteiger partial charge in [0.05, 0.1) is 6.61 Å². The van der Waals surface area contributed by atoms with E-state index in [-0.39, 0.29) is 0 Å². The Morgan fingerprint density at radius 1 is 1.53 bits per heavy atom. The summed E-state index contributed by atoms with van der Waals surface area (Å²) in [5.41, 5.74) is 2.38. The normalized spacial score (nSPS) is 33.5. The van der Waals surface area contributed by atoms with Gasteiger partial charge in [-0.1, -0.05) is 6.42 Å². The summed E-state index contributed by atoms with van der Waals surface area (Å²) in [6.07, 6.45) is 6.76. The summed E-state index contributed by atoms with van der Waals surface area (Å²) in [4.78, 5) is 10.9. The minimum absolute atomic E-state index is 0.384. The number of hydrogen-bond acceptors (Lipinski definition) is 3. The van der Waals surface area contributed by atoms with Crippen LogP contribution in [0.15, 0.2) is 5.10 Å². The largest absolute Gasteiger partial charge is 0.449 e. The molecule has 0 saturated heterocycles. The van der Waals surface area contributed by atoms with Gasteiger partial charge in [-0.2, -0.15) is 5.10 Å². The van der Waals surface area contributed by atoms with Crippen molar-refractivity contribution >= 4 is 12.3 Å². The highest BCUT2D eigenvalue weighted by atomic mass is 16.5. The average molecular weight is 210 g/mol. The zero-order chi connectivity index (χ0) is 10.7. The lowest BCUT2D eigenvalue weighted by molar-refractivity contribution is 0.152. The molecule has 4 nitrogen and oxygen atoms in total. The Bertz CT molecular complexity index is 265. The third kappa shape index (κ3) is 2.49. The molecule has 2 saturated carbocycles. The van der Waals surface area contributed by atoms with Gasteiger partial charge in [-0.05, 0) is 43.9 Å². The first-order valence-corrected chi connectivity index (χ1v) is 5.75. The molecule has 2 rings (SSSR count). The predicted octanol–water partition coefficient (Wildman–Crippen LogP) is 2.15.